The fourth-order valence-electron chi connectivity index (χ4n) is 3.59. The van der Waals surface area contributed by atoms with Crippen LogP contribution >= 0.6 is 11.3 Å². The van der Waals surface area contributed by atoms with Crippen LogP contribution < -0.4 is 0 Å². The van der Waals surface area contributed by atoms with Crippen molar-refractivity contribution in [1.82, 2.24) is 4.98 Å². The zero-order chi connectivity index (χ0) is 21.0. The highest BCUT2D eigenvalue weighted by molar-refractivity contribution is 7.26. The van der Waals surface area contributed by atoms with Crippen LogP contribution in [0.5, 0.6) is 0 Å². The van der Waals surface area contributed by atoms with Gasteiger partial charge >= 0.3 is 6.18 Å². The molecule has 0 amide bonds. The quantitative estimate of drug-likeness (QED) is 0.222. The SMILES string of the molecule is O=[N+]([O-])c1ccc(-c2nc3cc(C(F)(F)F)ccc3c3sc4ccccc4c23)cc1. The molecule has 0 aliphatic carbocycles. The average molecular weight is 424 g/mol. The summed E-state index contributed by atoms with van der Waals surface area (Å²) in [7, 11) is 0. The van der Waals surface area contributed by atoms with Crippen LogP contribution in [0.25, 0.3) is 42.3 Å². The molecule has 0 aliphatic rings. The normalized spacial score (nSPS) is 12.1. The molecule has 8 heteroatoms. The third-order valence-electron chi connectivity index (χ3n) is 4.99. The molecular formula is C22H11F3N2O2S. The number of hydrogen-bond acceptors (Lipinski definition) is 4. The van der Waals surface area contributed by atoms with Crippen LogP contribution in [-0.2, 0) is 6.18 Å². The van der Waals surface area contributed by atoms with E-state index in [-0.39, 0.29) is 11.2 Å². The Morgan fingerprint density at radius 3 is 2.37 bits per heavy atom. The average Bonchev–Trinajstić information content (AvgIpc) is 3.12. The van der Waals surface area contributed by atoms with Gasteiger partial charge < -0.3 is 0 Å². The Morgan fingerprint density at radius 1 is 0.933 bits per heavy atom. The van der Waals surface area contributed by atoms with Gasteiger partial charge in [0.25, 0.3) is 5.69 Å². The molecule has 0 unspecified atom stereocenters. The summed E-state index contributed by atoms with van der Waals surface area (Å²) in [4.78, 5) is 15.1. The first-order valence-corrected chi connectivity index (χ1v) is 9.71. The maximum atomic E-state index is 13.3. The molecule has 30 heavy (non-hydrogen) atoms. The van der Waals surface area contributed by atoms with Gasteiger partial charge in [-0.1, -0.05) is 24.3 Å². The number of fused-ring (bicyclic) bond motifs is 5. The molecule has 0 saturated heterocycles. The van der Waals surface area contributed by atoms with Gasteiger partial charge in [0.2, 0.25) is 0 Å². The monoisotopic (exact) mass is 424 g/mol. The fraction of sp³-hybridized carbons (Fsp3) is 0.0455. The van der Waals surface area contributed by atoms with E-state index in [2.05, 4.69) is 4.98 Å². The predicted molar refractivity (Wildman–Crippen MR) is 112 cm³/mol. The molecule has 0 N–H and O–H groups in total. The van der Waals surface area contributed by atoms with Crippen molar-refractivity contribution in [2.75, 3.05) is 0 Å². The van der Waals surface area contributed by atoms with Crippen molar-refractivity contribution in [3.05, 3.63) is 82.4 Å². The molecule has 0 aliphatic heterocycles. The highest BCUT2D eigenvalue weighted by atomic mass is 32.1. The Labute approximate surface area is 171 Å². The molecule has 2 aromatic heterocycles. The number of benzene rings is 3. The number of alkyl halides is 3. The van der Waals surface area contributed by atoms with E-state index >= 15 is 0 Å². The van der Waals surface area contributed by atoms with Crippen molar-refractivity contribution >= 4 is 48.1 Å². The van der Waals surface area contributed by atoms with Crippen LogP contribution in [0.2, 0.25) is 0 Å². The lowest BCUT2D eigenvalue weighted by atomic mass is 10.0. The minimum atomic E-state index is -4.47. The molecule has 0 radical (unpaired) electrons. The minimum absolute atomic E-state index is 0.0645. The summed E-state index contributed by atoms with van der Waals surface area (Å²) in [6.45, 7) is 0. The maximum absolute atomic E-state index is 13.3. The Morgan fingerprint density at radius 2 is 1.67 bits per heavy atom. The summed E-state index contributed by atoms with van der Waals surface area (Å²) < 4.78 is 41.6. The summed E-state index contributed by atoms with van der Waals surface area (Å²) in [5.74, 6) is 0. The molecule has 0 saturated carbocycles. The molecule has 2 heterocycles. The zero-order valence-corrected chi connectivity index (χ0v) is 15.9. The zero-order valence-electron chi connectivity index (χ0n) is 15.1. The van der Waals surface area contributed by atoms with E-state index in [0.717, 1.165) is 32.3 Å². The van der Waals surface area contributed by atoms with Crippen molar-refractivity contribution < 1.29 is 18.1 Å². The first-order chi connectivity index (χ1) is 14.3. The van der Waals surface area contributed by atoms with Crippen LogP contribution in [0.1, 0.15) is 5.56 Å². The van der Waals surface area contributed by atoms with Crippen molar-refractivity contribution in [2.24, 2.45) is 0 Å². The second kappa shape index (κ2) is 6.50. The largest absolute Gasteiger partial charge is 0.416 e. The van der Waals surface area contributed by atoms with Crippen LogP contribution in [-0.4, -0.2) is 9.91 Å². The summed E-state index contributed by atoms with van der Waals surface area (Å²) in [6, 6.07) is 17.2. The van der Waals surface area contributed by atoms with E-state index < -0.39 is 16.7 Å². The van der Waals surface area contributed by atoms with Gasteiger partial charge in [0, 0.05) is 43.3 Å². The van der Waals surface area contributed by atoms with E-state index in [9.17, 15) is 23.3 Å². The molecule has 3 aromatic carbocycles. The molecule has 5 rings (SSSR count). The number of nitrogens with zero attached hydrogens (tertiary/aromatic N) is 2. The van der Waals surface area contributed by atoms with Crippen LogP contribution in [0, 0.1) is 10.1 Å². The summed E-state index contributed by atoms with van der Waals surface area (Å²) in [5, 5.41) is 13.4. The van der Waals surface area contributed by atoms with Crippen LogP contribution in [0.3, 0.4) is 0 Å². The number of non-ortho nitro benzene ring substituents is 1. The summed E-state index contributed by atoms with van der Waals surface area (Å²) in [5.41, 5.74) is 0.512. The summed E-state index contributed by atoms with van der Waals surface area (Å²) >= 11 is 1.49. The molecule has 0 atom stereocenters. The van der Waals surface area contributed by atoms with Crippen molar-refractivity contribution in [1.29, 1.82) is 0 Å². The first kappa shape index (κ1) is 18.5. The van der Waals surface area contributed by atoms with Crippen LogP contribution in [0.15, 0.2) is 66.7 Å². The number of rotatable bonds is 2. The summed E-state index contributed by atoms with van der Waals surface area (Å²) in [6.07, 6.45) is -4.47. The highest BCUT2D eigenvalue weighted by Gasteiger charge is 2.31. The Bertz CT molecular complexity index is 1460. The van der Waals surface area contributed by atoms with Crippen molar-refractivity contribution in [3.63, 3.8) is 0 Å². The van der Waals surface area contributed by atoms with Gasteiger partial charge in [0.1, 0.15) is 0 Å². The topological polar surface area (TPSA) is 56.0 Å². The number of halogens is 3. The molecular weight excluding hydrogens is 413 g/mol. The van der Waals surface area contributed by atoms with Gasteiger partial charge in [-0.05, 0) is 30.3 Å². The number of aromatic nitrogens is 1. The number of hydrogen-bond donors (Lipinski definition) is 0. The number of nitro groups is 1. The van der Waals surface area contributed by atoms with Gasteiger partial charge in [0.15, 0.2) is 0 Å². The third-order valence-corrected chi connectivity index (χ3v) is 6.19. The van der Waals surface area contributed by atoms with E-state index in [4.69, 9.17) is 0 Å². The van der Waals surface area contributed by atoms with Gasteiger partial charge in [0.05, 0.1) is 21.7 Å². The standard InChI is InChI=1S/C22H11F3N2O2S/c23-22(24,25)13-7-10-15-17(11-13)26-20(12-5-8-14(9-6-12)27(28)29)19-16-3-1-2-4-18(16)30-21(15)19/h1-11H. The Hall–Kier alpha value is -3.52. The lowest BCUT2D eigenvalue weighted by Crippen LogP contribution is -2.04. The molecule has 148 valence electrons. The minimum Gasteiger partial charge on any atom is -0.258 e. The molecule has 5 aromatic rings. The molecule has 4 nitrogen and oxygen atoms in total. The van der Waals surface area contributed by atoms with Gasteiger partial charge in [-0.15, -0.1) is 11.3 Å². The van der Waals surface area contributed by atoms with Gasteiger partial charge in [-0.3, -0.25) is 10.1 Å². The number of thiophene rings is 1. The van der Waals surface area contributed by atoms with Gasteiger partial charge in [-0.25, -0.2) is 4.98 Å². The van der Waals surface area contributed by atoms with Gasteiger partial charge in [-0.2, -0.15) is 13.2 Å². The lowest BCUT2D eigenvalue weighted by molar-refractivity contribution is -0.384. The fourth-order valence-corrected chi connectivity index (χ4v) is 4.83. The molecule has 0 spiro atoms. The maximum Gasteiger partial charge on any atom is 0.416 e. The van der Waals surface area contributed by atoms with Crippen molar-refractivity contribution in [2.45, 2.75) is 6.18 Å². The molecule has 0 fully saturated rings. The Balaban J connectivity index is 1.89. The number of nitro benzene ring substituents is 1. The number of pyridine rings is 1. The second-order valence-electron chi connectivity index (χ2n) is 6.80. The van der Waals surface area contributed by atoms with E-state index in [0.29, 0.717) is 16.6 Å². The molecule has 0 bridgehead atoms. The van der Waals surface area contributed by atoms with Crippen molar-refractivity contribution in [3.8, 4) is 11.3 Å². The van der Waals surface area contributed by atoms with E-state index in [1.165, 1.54) is 29.5 Å². The predicted octanol–water partition coefficient (Wildman–Crippen LogP) is 7.20. The van der Waals surface area contributed by atoms with E-state index in [1.54, 1.807) is 12.1 Å². The third kappa shape index (κ3) is 2.88. The highest BCUT2D eigenvalue weighted by Crippen LogP contribution is 2.43. The van der Waals surface area contributed by atoms with E-state index in [1.807, 2.05) is 24.3 Å². The lowest BCUT2D eigenvalue weighted by Gasteiger charge is -2.10. The first-order valence-electron chi connectivity index (χ1n) is 8.90. The Kier molecular flexibility index (Phi) is 4.01. The second-order valence-corrected chi connectivity index (χ2v) is 7.85. The smallest absolute Gasteiger partial charge is 0.258 e. The van der Waals surface area contributed by atoms with Crippen LogP contribution in [0.4, 0.5) is 18.9 Å².